The first-order valence-corrected chi connectivity index (χ1v) is 8.60. The number of nitrogens with one attached hydrogen (secondary N) is 1. The highest BCUT2D eigenvalue weighted by Crippen LogP contribution is 2.65. The molecule has 1 aliphatic heterocycles. The molecule has 0 aromatic heterocycles. The predicted molar refractivity (Wildman–Crippen MR) is 90.4 cm³/mol. The first kappa shape index (κ1) is 19.7. The third-order valence-corrected chi connectivity index (χ3v) is 6.42. The number of carbonyl (C=O) groups is 3. The van der Waals surface area contributed by atoms with Crippen LogP contribution < -0.4 is 5.32 Å². The Kier molecular flexibility index (Phi) is 4.15. The summed E-state index contributed by atoms with van der Waals surface area (Å²) in [6.07, 6.45) is -4.47. The smallest absolute Gasteiger partial charge is 0.448 e. The monoisotopic (exact) mass is 403 g/mol. The van der Waals surface area contributed by atoms with Crippen molar-refractivity contribution in [3.63, 3.8) is 0 Å². The fraction of sp³-hybridized carbons (Fsp3) is 0.500. The van der Waals surface area contributed by atoms with Crippen LogP contribution in [0.5, 0.6) is 0 Å². The van der Waals surface area contributed by atoms with Gasteiger partial charge in [-0.1, -0.05) is 25.4 Å². The highest BCUT2D eigenvalue weighted by Gasteiger charge is 2.75. The van der Waals surface area contributed by atoms with Crippen LogP contribution >= 0.6 is 11.6 Å². The van der Waals surface area contributed by atoms with Gasteiger partial charge in [0.2, 0.25) is 0 Å². The maximum atomic E-state index is 13.0. The molecule has 2 aliphatic rings. The number of halogens is 4. The molecule has 2 bridgehead atoms. The average molecular weight is 404 g/mol. The van der Waals surface area contributed by atoms with Crippen LogP contribution in [0.4, 0.5) is 18.9 Å². The highest BCUT2D eigenvalue weighted by molar-refractivity contribution is 6.31. The molecule has 1 aliphatic carbocycles. The fourth-order valence-electron chi connectivity index (χ4n) is 3.94. The lowest BCUT2D eigenvalue weighted by atomic mass is 9.66. The molecule has 1 heterocycles. The number of esters is 1. The Balaban J connectivity index is 1.99. The molecule has 9 heteroatoms. The fourth-order valence-corrected chi connectivity index (χ4v) is 4.11. The summed E-state index contributed by atoms with van der Waals surface area (Å²) in [5.74, 6) is -3.41. The molecule has 2 unspecified atom stereocenters. The van der Waals surface area contributed by atoms with Gasteiger partial charge in [-0.05, 0) is 38.0 Å². The van der Waals surface area contributed by atoms with E-state index in [-0.39, 0.29) is 17.1 Å². The Bertz CT molecular complexity index is 867. The molecule has 1 saturated heterocycles. The second-order valence-corrected chi connectivity index (χ2v) is 8.08. The lowest BCUT2D eigenvalue weighted by molar-refractivity contribution is -0.165. The van der Waals surface area contributed by atoms with E-state index >= 15 is 0 Å². The van der Waals surface area contributed by atoms with E-state index in [9.17, 15) is 27.6 Å². The largest absolute Gasteiger partial charge is 0.454 e. The normalized spacial score (nSPS) is 28.8. The van der Waals surface area contributed by atoms with Gasteiger partial charge in [-0.15, -0.1) is 0 Å². The molecular formula is C18H17ClF3NO4. The van der Waals surface area contributed by atoms with E-state index in [0.717, 1.165) is 12.1 Å². The Morgan fingerprint density at radius 2 is 1.81 bits per heavy atom. The van der Waals surface area contributed by atoms with Crippen molar-refractivity contribution in [1.82, 2.24) is 0 Å². The standard InChI is InChI=1S/C18H17ClF3NO4/c1-15(2)16(3)6-7-17(15,27-14(16)26)13(25)23-11-5-4-9(19)8-10(11)12(24)18(20,21)22/h4-5,8H,6-7H2,1-3H3,(H,23,25). The van der Waals surface area contributed by atoms with Gasteiger partial charge in [0, 0.05) is 10.4 Å². The number of Topliss-reactive ketones (excluding diaryl/α,β-unsaturated/α-hetero) is 1. The average Bonchev–Trinajstić information content (AvgIpc) is 2.85. The Hall–Kier alpha value is -2.09. The van der Waals surface area contributed by atoms with Gasteiger partial charge in [-0.2, -0.15) is 13.2 Å². The maximum Gasteiger partial charge on any atom is 0.454 e. The number of rotatable bonds is 3. The number of alkyl halides is 3. The third kappa shape index (κ3) is 2.56. The number of benzene rings is 1. The minimum atomic E-state index is -5.13. The van der Waals surface area contributed by atoms with Gasteiger partial charge in [-0.25, -0.2) is 0 Å². The molecule has 5 nitrogen and oxygen atoms in total. The lowest BCUT2D eigenvalue weighted by Gasteiger charge is -2.35. The zero-order valence-electron chi connectivity index (χ0n) is 14.8. The number of amides is 1. The zero-order valence-corrected chi connectivity index (χ0v) is 15.5. The number of carbonyl (C=O) groups excluding carboxylic acids is 3. The minimum Gasteiger partial charge on any atom is -0.448 e. The Morgan fingerprint density at radius 1 is 1.19 bits per heavy atom. The summed E-state index contributed by atoms with van der Waals surface area (Å²) in [6.45, 7) is 5.14. The van der Waals surface area contributed by atoms with Crippen LogP contribution in [0.3, 0.4) is 0 Å². The van der Waals surface area contributed by atoms with E-state index in [1.54, 1.807) is 20.8 Å². The number of ketones is 1. The molecule has 1 aromatic carbocycles. The first-order chi connectivity index (χ1) is 12.3. The van der Waals surface area contributed by atoms with Crippen LogP contribution in [-0.4, -0.2) is 29.4 Å². The van der Waals surface area contributed by atoms with Crippen molar-refractivity contribution in [2.24, 2.45) is 10.8 Å². The van der Waals surface area contributed by atoms with Gasteiger partial charge in [0.25, 0.3) is 11.7 Å². The first-order valence-electron chi connectivity index (χ1n) is 8.22. The van der Waals surface area contributed by atoms with Crippen LogP contribution in [0.25, 0.3) is 0 Å². The Labute approximate surface area is 158 Å². The van der Waals surface area contributed by atoms with Gasteiger partial charge in [0.05, 0.1) is 16.7 Å². The number of anilines is 1. The molecule has 2 fully saturated rings. The van der Waals surface area contributed by atoms with Crippen molar-refractivity contribution < 1.29 is 32.3 Å². The summed E-state index contributed by atoms with van der Waals surface area (Å²) in [4.78, 5) is 37.0. The molecule has 1 N–H and O–H groups in total. The quantitative estimate of drug-likeness (QED) is 0.608. The summed E-state index contributed by atoms with van der Waals surface area (Å²) in [7, 11) is 0. The SMILES string of the molecule is CC12CCC(C(=O)Nc3ccc(Cl)cc3C(=O)C(F)(F)F)(OC1=O)C2(C)C. The third-order valence-electron chi connectivity index (χ3n) is 6.18. The van der Waals surface area contributed by atoms with Crippen molar-refractivity contribution in [2.45, 2.75) is 45.4 Å². The minimum absolute atomic E-state index is 0.0835. The molecule has 1 aromatic rings. The van der Waals surface area contributed by atoms with E-state index in [1.807, 2.05) is 0 Å². The van der Waals surface area contributed by atoms with Crippen molar-refractivity contribution in [3.8, 4) is 0 Å². The molecular weight excluding hydrogens is 387 g/mol. The number of hydrogen-bond acceptors (Lipinski definition) is 4. The second kappa shape index (κ2) is 5.70. The van der Waals surface area contributed by atoms with E-state index in [2.05, 4.69) is 5.32 Å². The van der Waals surface area contributed by atoms with Crippen molar-refractivity contribution in [3.05, 3.63) is 28.8 Å². The molecule has 0 spiro atoms. The molecule has 3 rings (SSSR count). The summed E-state index contributed by atoms with van der Waals surface area (Å²) < 4.78 is 44.1. The van der Waals surface area contributed by atoms with E-state index in [4.69, 9.17) is 16.3 Å². The summed E-state index contributed by atoms with van der Waals surface area (Å²) in [5.41, 5.74) is -4.37. The topological polar surface area (TPSA) is 72.5 Å². The lowest BCUT2D eigenvalue weighted by Crippen LogP contribution is -2.51. The van der Waals surface area contributed by atoms with Crippen LogP contribution in [0.15, 0.2) is 18.2 Å². The summed E-state index contributed by atoms with van der Waals surface area (Å²) in [6, 6.07) is 3.22. The summed E-state index contributed by atoms with van der Waals surface area (Å²) in [5, 5.41) is 2.27. The van der Waals surface area contributed by atoms with Crippen LogP contribution in [0, 0.1) is 10.8 Å². The molecule has 2 atom stereocenters. The van der Waals surface area contributed by atoms with Crippen molar-refractivity contribution in [1.29, 1.82) is 0 Å². The number of hydrogen-bond donors (Lipinski definition) is 1. The molecule has 0 radical (unpaired) electrons. The molecule has 1 amide bonds. The van der Waals surface area contributed by atoms with Gasteiger partial charge >= 0.3 is 12.1 Å². The Morgan fingerprint density at radius 3 is 2.30 bits per heavy atom. The second-order valence-electron chi connectivity index (χ2n) is 7.64. The predicted octanol–water partition coefficient (Wildman–Crippen LogP) is 4.15. The molecule has 1 saturated carbocycles. The highest BCUT2D eigenvalue weighted by atomic mass is 35.5. The molecule has 27 heavy (non-hydrogen) atoms. The van der Waals surface area contributed by atoms with E-state index in [0.29, 0.717) is 6.42 Å². The van der Waals surface area contributed by atoms with Crippen molar-refractivity contribution >= 4 is 34.9 Å². The maximum absolute atomic E-state index is 13.0. The summed E-state index contributed by atoms with van der Waals surface area (Å²) >= 11 is 5.72. The van der Waals surface area contributed by atoms with Crippen LogP contribution in [0.1, 0.15) is 44.0 Å². The van der Waals surface area contributed by atoms with Crippen molar-refractivity contribution in [2.75, 3.05) is 5.32 Å². The zero-order chi connectivity index (χ0) is 20.4. The molecule has 146 valence electrons. The van der Waals surface area contributed by atoms with Crippen LogP contribution in [-0.2, 0) is 14.3 Å². The van der Waals surface area contributed by atoms with Gasteiger partial charge in [0.1, 0.15) is 0 Å². The number of ether oxygens (including phenoxy) is 1. The van der Waals surface area contributed by atoms with Crippen LogP contribution in [0.2, 0.25) is 5.02 Å². The van der Waals surface area contributed by atoms with Gasteiger partial charge in [0.15, 0.2) is 5.60 Å². The van der Waals surface area contributed by atoms with E-state index in [1.165, 1.54) is 6.07 Å². The van der Waals surface area contributed by atoms with E-state index < -0.39 is 45.8 Å². The number of fused-ring (bicyclic) bond motifs is 2. The van der Waals surface area contributed by atoms with Gasteiger partial charge < -0.3 is 10.1 Å². The van der Waals surface area contributed by atoms with Gasteiger partial charge in [-0.3, -0.25) is 14.4 Å².